The predicted molar refractivity (Wildman–Crippen MR) is 64.3 cm³/mol. The fourth-order valence-corrected chi connectivity index (χ4v) is 2.15. The number of carbonyl (C=O) groups is 1. The summed E-state index contributed by atoms with van der Waals surface area (Å²) in [4.78, 5) is 13.8. The van der Waals surface area contributed by atoms with E-state index < -0.39 is 0 Å². The number of hydrogen-bond donors (Lipinski definition) is 1. The van der Waals surface area contributed by atoms with E-state index in [9.17, 15) is 4.79 Å². The van der Waals surface area contributed by atoms with Gasteiger partial charge in [0.2, 0.25) is 0 Å². The minimum Gasteiger partial charge on any atom is -0.372 e. The van der Waals surface area contributed by atoms with E-state index in [1.54, 1.807) is 7.11 Å². The lowest BCUT2D eigenvalue weighted by Crippen LogP contribution is -2.43. The Morgan fingerprint density at radius 1 is 1.50 bits per heavy atom. The Morgan fingerprint density at radius 3 is 2.62 bits per heavy atom. The van der Waals surface area contributed by atoms with Crippen LogP contribution in [-0.2, 0) is 9.53 Å². The second kappa shape index (κ2) is 6.86. The molecule has 1 rings (SSSR count). The summed E-state index contributed by atoms with van der Waals surface area (Å²) in [6, 6.07) is 0. The van der Waals surface area contributed by atoms with Gasteiger partial charge >= 0.3 is 0 Å². The van der Waals surface area contributed by atoms with Gasteiger partial charge < -0.3 is 15.0 Å². The predicted octanol–water partition coefficient (Wildman–Crippen LogP) is 0.869. The molecule has 0 saturated carbocycles. The Kier molecular flexibility index (Phi) is 5.77. The normalized spacial score (nSPS) is 19.8. The molecule has 94 valence electrons. The van der Waals surface area contributed by atoms with E-state index in [1.807, 2.05) is 18.9 Å². The van der Waals surface area contributed by atoms with Crippen molar-refractivity contribution in [2.75, 3.05) is 33.8 Å². The van der Waals surface area contributed by atoms with E-state index in [4.69, 9.17) is 4.74 Å². The average Bonchev–Trinajstić information content (AvgIpc) is 2.35. The molecule has 1 saturated heterocycles. The van der Waals surface area contributed by atoms with Crippen molar-refractivity contribution in [3.63, 3.8) is 0 Å². The highest BCUT2D eigenvalue weighted by Gasteiger charge is 2.25. The Bertz CT molecular complexity index is 213. The molecule has 0 aliphatic carbocycles. The SMILES string of the molecule is CNCCC1CCN(C(=O)C(C)OC)CC1. The summed E-state index contributed by atoms with van der Waals surface area (Å²) in [6.45, 7) is 4.67. The van der Waals surface area contributed by atoms with Crippen LogP contribution in [0.3, 0.4) is 0 Å². The molecule has 1 heterocycles. The van der Waals surface area contributed by atoms with Gasteiger partial charge in [-0.3, -0.25) is 4.79 Å². The number of nitrogens with one attached hydrogen (secondary N) is 1. The van der Waals surface area contributed by atoms with Crippen LogP contribution >= 0.6 is 0 Å². The Morgan fingerprint density at radius 2 is 2.12 bits per heavy atom. The number of nitrogens with zero attached hydrogens (tertiary/aromatic N) is 1. The van der Waals surface area contributed by atoms with Crippen LogP contribution < -0.4 is 5.32 Å². The van der Waals surface area contributed by atoms with Gasteiger partial charge in [-0.2, -0.15) is 0 Å². The summed E-state index contributed by atoms with van der Waals surface area (Å²) in [5.41, 5.74) is 0. The van der Waals surface area contributed by atoms with Crippen LogP contribution in [0.15, 0.2) is 0 Å². The number of hydrogen-bond acceptors (Lipinski definition) is 3. The van der Waals surface area contributed by atoms with Gasteiger partial charge in [0.1, 0.15) is 6.10 Å². The molecule has 0 radical (unpaired) electrons. The summed E-state index contributed by atoms with van der Waals surface area (Å²) in [5.74, 6) is 0.906. The molecule has 0 spiro atoms. The van der Waals surface area contributed by atoms with Crippen LogP contribution in [0, 0.1) is 5.92 Å². The van der Waals surface area contributed by atoms with E-state index in [0.717, 1.165) is 38.4 Å². The van der Waals surface area contributed by atoms with Crippen molar-refractivity contribution in [3.8, 4) is 0 Å². The molecule has 1 amide bonds. The first-order chi connectivity index (χ1) is 7.69. The molecule has 0 aromatic rings. The summed E-state index contributed by atoms with van der Waals surface area (Å²) in [5, 5.41) is 3.18. The lowest BCUT2D eigenvalue weighted by molar-refractivity contribution is -0.142. The summed E-state index contributed by atoms with van der Waals surface area (Å²) in [6.07, 6.45) is 3.18. The molecule has 1 N–H and O–H groups in total. The molecule has 16 heavy (non-hydrogen) atoms. The van der Waals surface area contributed by atoms with Gasteiger partial charge in [0, 0.05) is 20.2 Å². The standard InChI is InChI=1S/C12H24N2O2/c1-10(16-3)12(15)14-8-5-11(6-9-14)4-7-13-2/h10-11,13H,4-9H2,1-3H3. The Balaban J connectivity index is 2.28. The topological polar surface area (TPSA) is 41.6 Å². The minimum atomic E-state index is -0.297. The lowest BCUT2D eigenvalue weighted by Gasteiger charge is -2.33. The number of carbonyl (C=O) groups excluding carboxylic acids is 1. The first-order valence-electron chi connectivity index (χ1n) is 6.15. The minimum absolute atomic E-state index is 0.134. The van der Waals surface area contributed by atoms with Gasteiger partial charge in [-0.25, -0.2) is 0 Å². The van der Waals surface area contributed by atoms with E-state index in [2.05, 4.69) is 5.32 Å². The Labute approximate surface area is 98.3 Å². The van der Waals surface area contributed by atoms with Gasteiger partial charge in [0.25, 0.3) is 5.91 Å². The van der Waals surface area contributed by atoms with E-state index >= 15 is 0 Å². The number of methoxy groups -OCH3 is 1. The van der Waals surface area contributed by atoms with Gasteiger partial charge in [0.15, 0.2) is 0 Å². The molecule has 1 aliphatic heterocycles. The molecular weight excluding hydrogens is 204 g/mol. The second-order valence-electron chi connectivity index (χ2n) is 4.54. The quantitative estimate of drug-likeness (QED) is 0.759. The van der Waals surface area contributed by atoms with E-state index in [1.165, 1.54) is 6.42 Å². The van der Waals surface area contributed by atoms with Gasteiger partial charge in [-0.05, 0) is 45.7 Å². The third-order valence-corrected chi connectivity index (χ3v) is 3.43. The molecule has 1 unspecified atom stereocenters. The van der Waals surface area contributed by atoms with Gasteiger partial charge in [-0.1, -0.05) is 0 Å². The third-order valence-electron chi connectivity index (χ3n) is 3.43. The van der Waals surface area contributed by atoms with E-state index in [-0.39, 0.29) is 12.0 Å². The number of likely N-dealkylation sites (tertiary alicyclic amines) is 1. The molecule has 1 atom stereocenters. The first kappa shape index (κ1) is 13.5. The zero-order valence-corrected chi connectivity index (χ0v) is 10.7. The maximum Gasteiger partial charge on any atom is 0.251 e. The van der Waals surface area contributed by atoms with Crippen molar-refractivity contribution in [2.45, 2.75) is 32.3 Å². The number of ether oxygens (including phenoxy) is 1. The summed E-state index contributed by atoms with van der Waals surface area (Å²) < 4.78 is 5.06. The Hall–Kier alpha value is -0.610. The van der Waals surface area contributed by atoms with Crippen molar-refractivity contribution in [2.24, 2.45) is 5.92 Å². The zero-order valence-electron chi connectivity index (χ0n) is 10.7. The molecule has 0 bridgehead atoms. The van der Waals surface area contributed by atoms with Crippen LogP contribution in [0.25, 0.3) is 0 Å². The zero-order chi connectivity index (χ0) is 12.0. The smallest absolute Gasteiger partial charge is 0.251 e. The number of piperidine rings is 1. The highest BCUT2D eigenvalue weighted by atomic mass is 16.5. The van der Waals surface area contributed by atoms with Crippen molar-refractivity contribution in [3.05, 3.63) is 0 Å². The molecular formula is C12H24N2O2. The number of amides is 1. The highest BCUT2D eigenvalue weighted by Crippen LogP contribution is 2.20. The van der Waals surface area contributed by atoms with Gasteiger partial charge in [-0.15, -0.1) is 0 Å². The third kappa shape index (κ3) is 3.76. The van der Waals surface area contributed by atoms with Crippen molar-refractivity contribution < 1.29 is 9.53 Å². The summed E-state index contributed by atoms with van der Waals surface area (Å²) in [7, 11) is 3.57. The van der Waals surface area contributed by atoms with Crippen molar-refractivity contribution in [1.82, 2.24) is 10.2 Å². The lowest BCUT2D eigenvalue weighted by atomic mass is 9.93. The second-order valence-corrected chi connectivity index (χ2v) is 4.54. The van der Waals surface area contributed by atoms with Crippen LogP contribution in [0.1, 0.15) is 26.2 Å². The average molecular weight is 228 g/mol. The van der Waals surface area contributed by atoms with Crippen LogP contribution in [-0.4, -0.2) is 50.7 Å². The molecule has 1 fully saturated rings. The van der Waals surface area contributed by atoms with Crippen molar-refractivity contribution >= 4 is 5.91 Å². The maximum absolute atomic E-state index is 11.8. The molecule has 0 aromatic heterocycles. The fourth-order valence-electron chi connectivity index (χ4n) is 2.15. The monoisotopic (exact) mass is 228 g/mol. The largest absolute Gasteiger partial charge is 0.372 e. The van der Waals surface area contributed by atoms with Gasteiger partial charge in [0.05, 0.1) is 0 Å². The van der Waals surface area contributed by atoms with Crippen LogP contribution in [0.2, 0.25) is 0 Å². The fraction of sp³-hybridized carbons (Fsp3) is 0.917. The molecule has 0 aromatic carbocycles. The van der Waals surface area contributed by atoms with E-state index in [0.29, 0.717) is 0 Å². The molecule has 4 nitrogen and oxygen atoms in total. The number of rotatable bonds is 5. The van der Waals surface area contributed by atoms with Crippen molar-refractivity contribution in [1.29, 1.82) is 0 Å². The van der Waals surface area contributed by atoms with Crippen LogP contribution in [0.4, 0.5) is 0 Å². The first-order valence-corrected chi connectivity index (χ1v) is 6.15. The maximum atomic E-state index is 11.8. The summed E-state index contributed by atoms with van der Waals surface area (Å²) >= 11 is 0. The van der Waals surface area contributed by atoms with Crippen LogP contribution in [0.5, 0.6) is 0 Å². The molecule has 4 heteroatoms. The molecule has 1 aliphatic rings. The highest BCUT2D eigenvalue weighted by molar-refractivity contribution is 5.80.